The van der Waals surface area contributed by atoms with Gasteiger partial charge in [-0.2, -0.15) is 0 Å². The first-order valence-corrected chi connectivity index (χ1v) is 13.9. The normalized spacial score (nSPS) is 43.3. The number of rotatable bonds is 4. The number of carbonyl (C=O) groups excluding carboxylic acids is 1. The van der Waals surface area contributed by atoms with Crippen molar-refractivity contribution in [1.82, 2.24) is 0 Å². The van der Waals surface area contributed by atoms with E-state index < -0.39 is 31.5 Å². The van der Waals surface area contributed by atoms with Crippen molar-refractivity contribution in [3.8, 4) is 0 Å². The molecule has 0 spiro atoms. The SMILES string of the molecule is COC[C@@H]1C(=O)O[C@H]2[C@H]1CC[C@]1(O)C[C@@](C)(CC[C@H]1O[Si](C)(C)C(C)(C)C)[C@@H]2O. The van der Waals surface area contributed by atoms with E-state index in [9.17, 15) is 15.0 Å². The summed E-state index contributed by atoms with van der Waals surface area (Å²) in [7, 11) is -0.475. The van der Waals surface area contributed by atoms with E-state index in [-0.39, 0.29) is 35.6 Å². The molecule has 3 aliphatic rings. The van der Waals surface area contributed by atoms with Crippen molar-refractivity contribution in [1.29, 1.82) is 0 Å². The van der Waals surface area contributed by atoms with Gasteiger partial charge < -0.3 is 24.1 Å². The number of fused-ring (bicyclic) bond motifs is 3. The molecule has 1 heterocycles. The van der Waals surface area contributed by atoms with Crippen LogP contribution in [0.2, 0.25) is 18.1 Å². The van der Waals surface area contributed by atoms with E-state index >= 15 is 0 Å². The molecule has 0 aromatic heterocycles. The highest BCUT2D eigenvalue weighted by atomic mass is 28.4. The van der Waals surface area contributed by atoms with E-state index in [0.29, 0.717) is 25.7 Å². The number of hydrogen-bond acceptors (Lipinski definition) is 6. The molecule has 0 unspecified atom stereocenters. The molecule has 0 amide bonds. The molecule has 1 aliphatic heterocycles. The molecule has 29 heavy (non-hydrogen) atoms. The largest absolute Gasteiger partial charge is 0.459 e. The van der Waals surface area contributed by atoms with Crippen LogP contribution in [0.25, 0.3) is 0 Å². The molecule has 3 fully saturated rings. The highest BCUT2D eigenvalue weighted by molar-refractivity contribution is 6.74. The Kier molecular flexibility index (Phi) is 6.07. The fourth-order valence-electron chi connectivity index (χ4n) is 5.40. The highest BCUT2D eigenvalue weighted by Gasteiger charge is 2.60. The minimum Gasteiger partial charge on any atom is -0.459 e. The third-order valence-corrected chi connectivity index (χ3v) is 12.8. The maximum atomic E-state index is 12.4. The van der Waals surface area contributed by atoms with Crippen LogP contribution in [0.4, 0.5) is 0 Å². The van der Waals surface area contributed by atoms with Crippen LogP contribution >= 0.6 is 0 Å². The van der Waals surface area contributed by atoms with E-state index in [1.165, 1.54) is 0 Å². The topological polar surface area (TPSA) is 85.2 Å². The molecular formula is C22H40O6Si. The lowest BCUT2D eigenvalue weighted by Gasteiger charge is -2.55. The van der Waals surface area contributed by atoms with Crippen molar-refractivity contribution < 1.29 is 28.9 Å². The van der Waals surface area contributed by atoms with Gasteiger partial charge in [0.2, 0.25) is 0 Å². The minimum atomic E-state index is -2.05. The zero-order chi connectivity index (χ0) is 21.8. The average Bonchev–Trinajstić information content (AvgIpc) is 2.89. The molecule has 0 aromatic carbocycles. The average molecular weight is 429 g/mol. The van der Waals surface area contributed by atoms with Gasteiger partial charge in [-0.05, 0) is 50.2 Å². The number of hydrogen-bond donors (Lipinski definition) is 2. The van der Waals surface area contributed by atoms with E-state index in [1.807, 2.05) is 6.92 Å². The van der Waals surface area contributed by atoms with Crippen LogP contribution in [0, 0.1) is 17.3 Å². The van der Waals surface area contributed by atoms with Crippen molar-refractivity contribution >= 4 is 14.3 Å². The summed E-state index contributed by atoms with van der Waals surface area (Å²) in [6, 6.07) is 0. The maximum absolute atomic E-state index is 12.4. The Morgan fingerprint density at radius 2 is 1.90 bits per heavy atom. The van der Waals surface area contributed by atoms with Crippen molar-refractivity contribution in [2.75, 3.05) is 13.7 Å². The second kappa shape index (κ2) is 7.59. The van der Waals surface area contributed by atoms with Crippen molar-refractivity contribution in [2.45, 2.75) is 102 Å². The maximum Gasteiger partial charge on any atom is 0.312 e. The summed E-state index contributed by atoms with van der Waals surface area (Å²) in [4.78, 5) is 12.4. The Balaban J connectivity index is 1.89. The molecule has 2 saturated carbocycles. The van der Waals surface area contributed by atoms with Crippen LogP contribution in [-0.4, -0.2) is 62.1 Å². The van der Waals surface area contributed by atoms with Gasteiger partial charge in [-0.15, -0.1) is 0 Å². The monoisotopic (exact) mass is 428 g/mol. The van der Waals surface area contributed by atoms with Gasteiger partial charge in [-0.1, -0.05) is 27.7 Å². The quantitative estimate of drug-likeness (QED) is 0.528. The van der Waals surface area contributed by atoms with Crippen molar-refractivity contribution in [2.24, 2.45) is 17.3 Å². The van der Waals surface area contributed by atoms with Gasteiger partial charge in [0.15, 0.2) is 8.32 Å². The van der Waals surface area contributed by atoms with Crippen molar-refractivity contribution in [3.63, 3.8) is 0 Å². The summed E-state index contributed by atoms with van der Waals surface area (Å²) in [5.74, 6) is -0.817. The third-order valence-electron chi connectivity index (χ3n) is 8.31. The summed E-state index contributed by atoms with van der Waals surface area (Å²) >= 11 is 0. The van der Waals surface area contributed by atoms with Crippen LogP contribution in [0.3, 0.4) is 0 Å². The Morgan fingerprint density at radius 3 is 2.48 bits per heavy atom. The lowest BCUT2D eigenvalue weighted by Crippen LogP contribution is -2.61. The molecular weight excluding hydrogens is 388 g/mol. The predicted octanol–water partition coefficient (Wildman–Crippen LogP) is 3.26. The third kappa shape index (κ3) is 4.05. The lowest BCUT2D eigenvalue weighted by molar-refractivity contribution is -0.188. The fraction of sp³-hybridized carbons (Fsp3) is 0.955. The Hall–Kier alpha value is -0.473. The summed E-state index contributed by atoms with van der Waals surface area (Å²) in [6.45, 7) is 13.4. The number of aliphatic hydroxyl groups is 2. The van der Waals surface area contributed by atoms with Gasteiger partial charge in [0, 0.05) is 18.4 Å². The predicted molar refractivity (Wildman–Crippen MR) is 113 cm³/mol. The molecule has 2 aliphatic carbocycles. The first-order valence-electron chi connectivity index (χ1n) is 11.0. The first kappa shape index (κ1) is 23.2. The Bertz CT molecular complexity index is 631. The zero-order valence-electron chi connectivity index (χ0n) is 19.2. The Morgan fingerprint density at radius 1 is 1.24 bits per heavy atom. The lowest BCUT2D eigenvalue weighted by atomic mass is 9.59. The van der Waals surface area contributed by atoms with Gasteiger partial charge in [-0.25, -0.2) is 0 Å². The number of carbonyl (C=O) groups is 1. The molecule has 168 valence electrons. The summed E-state index contributed by atoms with van der Waals surface area (Å²) in [5, 5.41) is 23.1. The van der Waals surface area contributed by atoms with E-state index in [2.05, 4.69) is 33.9 Å². The van der Waals surface area contributed by atoms with Crippen LogP contribution < -0.4 is 0 Å². The zero-order valence-corrected chi connectivity index (χ0v) is 20.2. The number of esters is 1. The summed E-state index contributed by atoms with van der Waals surface area (Å²) in [5.41, 5.74) is -1.51. The molecule has 2 N–H and O–H groups in total. The smallest absolute Gasteiger partial charge is 0.312 e. The highest BCUT2D eigenvalue weighted by Crippen LogP contribution is 2.54. The van der Waals surface area contributed by atoms with Gasteiger partial charge in [-0.3, -0.25) is 4.79 Å². The van der Waals surface area contributed by atoms with Crippen LogP contribution in [0.5, 0.6) is 0 Å². The summed E-state index contributed by atoms with van der Waals surface area (Å²) < 4.78 is 17.6. The molecule has 7 atom stereocenters. The minimum absolute atomic E-state index is 0.0611. The molecule has 6 nitrogen and oxygen atoms in total. The molecule has 0 aromatic rings. The molecule has 0 radical (unpaired) electrons. The number of ether oxygens (including phenoxy) is 2. The molecule has 7 heteroatoms. The molecule has 2 bridgehead atoms. The van der Waals surface area contributed by atoms with Gasteiger partial charge >= 0.3 is 5.97 Å². The van der Waals surface area contributed by atoms with Gasteiger partial charge in [0.1, 0.15) is 6.10 Å². The first-order chi connectivity index (χ1) is 13.2. The van der Waals surface area contributed by atoms with E-state index in [0.717, 1.165) is 6.42 Å². The van der Waals surface area contributed by atoms with E-state index in [4.69, 9.17) is 13.9 Å². The molecule has 3 rings (SSSR count). The van der Waals surface area contributed by atoms with Crippen LogP contribution in [-0.2, 0) is 18.7 Å². The summed E-state index contributed by atoms with van der Waals surface area (Å²) in [6.07, 6.45) is 1.54. The van der Waals surface area contributed by atoms with Crippen molar-refractivity contribution in [3.05, 3.63) is 0 Å². The second-order valence-electron chi connectivity index (χ2n) is 11.5. The van der Waals surface area contributed by atoms with Gasteiger partial charge in [0.25, 0.3) is 0 Å². The second-order valence-corrected chi connectivity index (χ2v) is 16.2. The number of methoxy groups -OCH3 is 1. The van der Waals surface area contributed by atoms with Crippen LogP contribution in [0.1, 0.15) is 59.8 Å². The number of aliphatic hydroxyl groups excluding tert-OH is 1. The van der Waals surface area contributed by atoms with Gasteiger partial charge in [0.05, 0.1) is 30.3 Å². The molecule has 1 saturated heterocycles. The standard InChI is InChI=1S/C22H40O6Si/c1-20(2,3)29(6,7)28-16-9-10-21(4)13-22(16,25)11-8-14-15(12-26-5)19(24)27-17(14)18(21)23/h14-18,23,25H,8-13H2,1-7H3/t14-,15-,16+,17-,18+,21+,22-/m0/s1. The fourth-order valence-corrected chi connectivity index (χ4v) is 6.80. The van der Waals surface area contributed by atoms with E-state index in [1.54, 1.807) is 7.11 Å². The Labute approximate surface area is 176 Å². The van der Waals surface area contributed by atoms with Crippen LogP contribution in [0.15, 0.2) is 0 Å².